The number of nitrogens with zero attached hydrogens (tertiary/aromatic N) is 4. The van der Waals surface area contributed by atoms with Gasteiger partial charge in [0.2, 0.25) is 5.91 Å². The van der Waals surface area contributed by atoms with E-state index in [-0.39, 0.29) is 12.3 Å². The van der Waals surface area contributed by atoms with Crippen molar-refractivity contribution < 1.29 is 9.18 Å². The molecule has 0 bridgehead atoms. The molecule has 6 rings (SSSR count). The third kappa shape index (κ3) is 4.33. The SMILES string of the molecule is O=C(Cc1ccc(-c2cnc3cc(-c4ccncc4)ccn23)cc1F)Nc1nc2c(s1)CCCC2. The van der Waals surface area contributed by atoms with Gasteiger partial charge in [0, 0.05) is 29.0 Å². The topological polar surface area (TPSA) is 72.2 Å². The van der Waals surface area contributed by atoms with Crippen LogP contribution in [0.15, 0.2) is 67.3 Å². The monoisotopic (exact) mass is 483 g/mol. The summed E-state index contributed by atoms with van der Waals surface area (Å²) in [5, 5.41) is 3.45. The number of halogens is 1. The van der Waals surface area contributed by atoms with Crippen LogP contribution in [0.1, 0.15) is 29.0 Å². The second kappa shape index (κ2) is 9.03. The summed E-state index contributed by atoms with van der Waals surface area (Å²) >= 11 is 1.53. The number of carbonyl (C=O) groups excluding carboxylic acids is 1. The van der Waals surface area contributed by atoms with Gasteiger partial charge in [-0.25, -0.2) is 14.4 Å². The summed E-state index contributed by atoms with van der Waals surface area (Å²) < 4.78 is 16.9. The summed E-state index contributed by atoms with van der Waals surface area (Å²) in [7, 11) is 0. The summed E-state index contributed by atoms with van der Waals surface area (Å²) in [6, 6.07) is 12.8. The molecule has 174 valence electrons. The lowest BCUT2D eigenvalue weighted by molar-refractivity contribution is -0.115. The van der Waals surface area contributed by atoms with Gasteiger partial charge in [-0.1, -0.05) is 12.1 Å². The average Bonchev–Trinajstić information content (AvgIpc) is 3.49. The highest BCUT2D eigenvalue weighted by atomic mass is 32.1. The second-order valence-electron chi connectivity index (χ2n) is 8.65. The molecule has 1 aromatic carbocycles. The molecule has 0 atom stereocenters. The van der Waals surface area contributed by atoms with Crippen molar-refractivity contribution in [3.05, 3.63) is 89.2 Å². The molecule has 5 aromatic rings. The second-order valence-corrected chi connectivity index (χ2v) is 9.73. The third-order valence-electron chi connectivity index (χ3n) is 6.32. The van der Waals surface area contributed by atoms with Crippen LogP contribution in [0.2, 0.25) is 0 Å². The fourth-order valence-corrected chi connectivity index (χ4v) is 5.58. The molecule has 4 heterocycles. The number of thiazole rings is 1. The molecule has 1 N–H and O–H groups in total. The van der Waals surface area contributed by atoms with Gasteiger partial charge in [0.1, 0.15) is 11.5 Å². The zero-order chi connectivity index (χ0) is 23.8. The van der Waals surface area contributed by atoms with Gasteiger partial charge >= 0.3 is 0 Å². The zero-order valence-corrected chi connectivity index (χ0v) is 19.7. The van der Waals surface area contributed by atoms with Crippen LogP contribution in [-0.2, 0) is 24.1 Å². The average molecular weight is 484 g/mol. The van der Waals surface area contributed by atoms with Gasteiger partial charge in [0.25, 0.3) is 0 Å². The molecule has 0 radical (unpaired) electrons. The molecule has 8 heteroatoms. The first kappa shape index (κ1) is 21.6. The number of anilines is 1. The van der Waals surface area contributed by atoms with E-state index in [0.29, 0.717) is 16.3 Å². The van der Waals surface area contributed by atoms with E-state index in [9.17, 15) is 9.18 Å². The Hall–Kier alpha value is -3.91. The standard InChI is InChI=1S/C27H22FN5OS/c28-21-13-20(23-16-30-25-14-18(9-12-33(23)25)17-7-10-29-11-8-17)6-5-19(21)15-26(34)32-27-31-22-3-1-2-4-24(22)35-27/h5-14,16H,1-4,15H2,(H,31,32,34). The molecular formula is C27H22FN5OS. The molecule has 0 fully saturated rings. The van der Waals surface area contributed by atoms with E-state index < -0.39 is 5.82 Å². The van der Waals surface area contributed by atoms with Crippen LogP contribution in [-0.4, -0.2) is 25.3 Å². The lowest BCUT2D eigenvalue weighted by Crippen LogP contribution is -2.15. The van der Waals surface area contributed by atoms with Crippen LogP contribution in [0, 0.1) is 5.82 Å². The molecule has 1 aliphatic rings. The van der Waals surface area contributed by atoms with Gasteiger partial charge in [-0.2, -0.15) is 0 Å². The van der Waals surface area contributed by atoms with E-state index in [0.717, 1.165) is 47.4 Å². The first-order chi connectivity index (χ1) is 17.1. The van der Waals surface area contributed by atoms with Crippen LogP contribution in [0.3, 0.4) is 0 Å². The van der Waals surface area contributed by atoms with E-state index in [4.69, 9.17) is 0 Å². The number of pyridine rings is 2. The number of hydrogen-bond donors (Lipinski definition) is 1. The van der Waals surface area contributed by atoms with Gasteiger partial charge in [0.05, 0.1) is 24.0 Å². The number of rotatable bonds is 5. The van der Waals surface area contributed by atoms with Gasteiger partial charge in [-0.15, -0.1) is 11.3 Å². The first-order valence-corrected chi connectivity index (χ1v) is 12.4. The third-order valence-corrected chi connectivity index (χ3v) is 7.39. The Bertz CT molecular complexity index is 1520. The zero-order valence-electron chi connectivity index (χ0n) is 18.9. The minimum absolute atomic E-state index is 0.0429. The highest BCUT2D eigenvalue weighted by Crippen LogP contribution is 2.30. The molecule has 1 amide bonds. The van der Waals surface area contributed by atoms with E-state index in [1.807, 2.05) is 40.9 Å². The molecule has 4 aromatic heterocycles. The minimum atomic E-state index is -0.417. The summed E-state index contributed by atoms with van der Waals surface area (Å²) in [6.45, 7) is 0. The number of aromatic nitrogens is 4. The molecule has 0 saturated carbocycles. The van der Waals surface area contributed by atoms with Gasteiger partial charge in [-0.05, 0) is 72.7 Å². The van der Waals surface area contributed by atoms with E-state index >= 15 is 0 Å². The maximum absolute atomic E-state index is 15.0. The van der Waals surface area contributed by atoms with Crippen molar-refractivity contribution in [2.24, 2.45) is 0 Å². The van der Waals surface area contributed by atoms with Crippen molar-refractivity contribution in [2.45, 2.75) is 32.1 Å². The summed E-state index contributed by atoms with van der Waals surface area (Å²) in [5.41, 5.74) is 5.77. The Morgan fingerprint density at radius 2 is 1.89 bits per heavy atom. The summed E-state index contributed by atoms with van der Waals surface area (Å²) in [6.07, 6.45) is 11.4. The maximum Gasteiger partial charge on any atom is 0.230 e. The molecule has 35 heavy (non-hydrogen) atoms. The number of hydrogen-bond acceptors (Lipinski definition) is 5. The van der Waals surface area contributed by atoms with Crippen LogP contribution in [0.4, 0.5) is 9.52 Å². The Kier molecular flexibility index (Phi) is 5.58. The fourth-order valence-electron chi connectivity index (χ4n) is 4.51. The molecular weight excluding hydrogens is 461 g/mol. The van der Waals surface area contributed by atoms with Crippen LogP contribution >= 0.6 is 11.3 Å². The molecule has 0 unspecified atom stereocenters. The Labute approximate surface area is 205 Å². The quantitative estimate of drug-likeness (QED) is 0.347. The van der Waals surface area contributed by atoms with E-state index in [1.165, 1.54) is 28.7 Å². The van der Waals surface area contributed by atoms with Crippen molar-refractivity contribution in [1.29, 1.82) is 0 Å². The Morgan fingerprint density at radius 3 is 2.71 bits per heavy atom. The predicted octanol–water partition coefficient (Wildman–Crippen LogP) is 5.72. The number of imidazole rings is 1. The van der Waals surface area contributed by atoms with Crippen molar-refractivity contribution in [1.82, 2.24) is 19.4 Å². The highest BCUT2D eigenvalue weighted by Gasteiger charge is 2.17. The number of carbonyl (C=O) groups is 1. The Balaban J connectivity index is 1.20. The normalized spacial score (nSPS) is 13.1. The lowest BCUT2D eigenvalue weighted by atomic mass is 10.0. The summed E-state index contributed by atoms with van der Waals surface area (Å²) in [5.74, 6) is -0.680. The smallest absolute Gasteiger partial charge is 0.230 e. The molecule has 0 saturated heterocycles. The van der Waals surface area contributed by atoms with Gasteiger partial charge in [-0.3, -0.25) is 14.2 Å². The van der Waals surface area contributed by atoms with E-state index in [1.54, 1.807) is 24.7 Å². The number of amides is 1. The lowest BCUT2D eigenvalue weighted by Gasteiger charge is -2.08. The number of benzene rings is 1. The maximum atomic E-state index is 15.0. The minimum Gasteiger partial charge on any atom is -0.302 e. The first-order valence-electron chi connectivity index (χ1n) is 11.6. The molecule has 0 spiro atoms. The Morgan fingerprint density at radius 1 is 1.03 bits per heavy atom. The molecule has 6 nitrogen and oxygen atoms in total. The number of aryl methyl sites for hydroxylation is 2. The van der Waals surface area contributed by atoms with Gasteiger partial charge < -0.3 is 5.32 Å². The van der Waals surface area contributed by atoms with Crippen LogP contribution in [0.25, 0.3) is 28.0 Å². The number of fused-ring (bicyclic) bond motifs is 2. The van der Waals surface area contributed by atoms with E-state index in [2.05, 4.69) is 20.3 Å². The van der Waals surface area contributed by atoms with Crippen molar-refractivity contribution in [3.63, 3.8) is 0 Å². The fraction of sp³-hybridized carbons (Fsp3) is 0.185. The van der Waals surface area contributed by atoms with Gasteiger partial charge in [0.15, 0.2) is 5.13 Å². The number of nitrogens with one attached hydrogen (secondary N) is 1. The molecule has 1 aliphatic carbocycles. The largest absolute Gasteiger partial charge is 0.302 e. The molecule has 0 aliphatic heterocycles. The van der Waals surface area contributed by atoms with Crippen LogP contribution in [0.5, 0.6) is 0 Å². The summed E-state index contributed by atoms with van der Waals surface area (Å²) in [4.78, 5) is 26.9. The van der Waals surface area contributed by atoms with Crippen molar-refractivity contribution in [3.8, 4) is 22.4 Å². The van der Waals surface area contributed by atoms with Crippen molar-refractivity contribution in [2.75, 3.05) is 5.32 Å². The predicted molar refractivity (Wildman–Crippen MR) is 135 cm³/mol. The highest BCUT2D eigenvalue weighted by molar-refractivity contribution is 7.15. The van der Waals surface area contributed by atoms with Crippen LogP contribution < -0.4 is 5.32 Å². The van der Waals surface area contributed by atoms with Crippen molar-refractivity contribution >= 4 is 28.0 Å².